The van der Waals surface area contributed by atoms with Gasteiger partial charge in [-0.25, -0.2) is 10.1 Å². The zero-order valence-corrected chi connectivity index (χ0v) is 18.1. The maximum absolute atomic E-state index is 13.6. The number of aromatic nitrogens is 1. The van der Waals surface area contributed by atoms with Gasteiger partial charge in [-0.15, -0.1) is 11.3 Å². The van der Waals surface area contributed by atoms with Crippen LogP contribution in [0.1, 0.15) is 35.6 Å². The van der Waals surface area contributed by atoms with Crippen molar-refractivity contribution in [3.8, 4) is 11.5 Å². The summed E-state index contributed by atoms with van der Waals surface area (Å²) in [4.78, 5) is 4.24. The van der Waals surface area contributed by atoms with Crippen LogP contribution < -0.4 is 15.1 Å². The molecule has 0 aliphatic heterocycles. The predicted octanol–water partition coefficient (Wildman–Crippen LogP) is 4.47. The lowest BCUT2D eigenvalue weighted by Gasteiger charge is -2.28. The van der Waals surface area contributed by atoms with Crippen molar-refractivity contribution in [3.05, 3.63) is 34.5 Å². The van der Waals surface area contributed by atoms with Crippen LogP contribution in [0.4, 0.5) is 5.00 Å². The van der Waals surface area contributed by atoms with Gasteiger partial charge in [0.15, 0.2) is 11.5 Å². The molecule has 0 radical (unpaired) electrons. The molecule has 2 aromatic rings. The molecule has 0 spiro atoms. The number of methoxy groups -OCH3 is 1. The maximum atomic E-state index is 13.6. The number of nitrogens with zero attached hydrogens (tertiary/aromatic N) is 1. The minimum absolute atomic E-state index is 0.0840. The summed E-state index contributed by atoms with van der Waals surface area (Å²) in [6.45, 7) is 8.67. The van der Waals surface area contributed by atoms with Crippen LogP contribution in [0, 0.1) is 13.8 Å². The fraction of sp³-hybridized carbons (Fsp3) is 0.500. The first kappa shape index (κ1) is 21.7. The van der Waals surface area contributed by atoms with E-state index in [0.29, 0.717) is 31.0 Å². The third kappa shape index (κ3) is 5.23. The van der Waals surface area contributed by atoms with Crippen molar-refractivity contribution in [2.24, 2.45) is 0 Å². The van der Waals surface area contributed by atoms with E-state index in [1.54, 1.807) is 19.2 Å². The van der Waals surface area contributed by atoms with Crippen LogP contribution >= 0.6 is 18.9 Å². The van der Waals surface area contributed by atoms with E-state index in [1.165, 1.54) is 18.4 Å². The summed E-state index contributed by atoms with van der Waals surface area (Å²) < 4.78 is 24.6. The van der Waals surface area contributed by atoms with Gasteiger partial charge in [-0.3, -0.25) is 4.57 Å². The molecule has 7 nitrogen and oxygen atoms in total. The highest BCUT2D eigenvalue weighted by Crippen LogP contribution is 2.57. The second-order valence-corrected chi connectivity index (χ2v) is 9.68. The molecule has 0 bridgehead atoms. The van der Waals surface area contributed by atoms with E-state index in [4.69, 9.17) is 9.26 Å². The minimum Gasteiger partial charge on any atom is -0.504 e. The van der Waals surface area contributed by atoms with Crippen molar-refractivity contribution in [1.82, 2.24) is 10.1 Å². The first-order valence-electron chi connectivity index (χ1n) is 8.87. The number of anilines is 1. The Kier molecular flexibility index (Phi) is 7.68. The van der Waals surface area contributed by atoms with Crippen molar-refractivity contribution in [1.29, 1.82) is 0 Å². The Hall–Kier alpha value is -1.60. The summed E-state index contributed by atoms with van der Waals surface area (Å²) in [6.07, 6.45) is 1.76. The molecule has 0 saturated heterocycles. The van der Waals surface area contributed by atoms with Gasteiger partial charge in [-0.2, -0.15) is 0 Å². The molecule has 2 rings (SSSR count). The quantitative estimate of drug-likeness (QED) is 0.495. The number of ether oxygens (including phenoxy) is 1. The lowest BCUT2D eigenvalue weighted by molar-refractivity contribution is 0.317. The Bertz CT molecular complexity index is 802. The number of aromatic hydroxyl groups is 1. The molecule has 27 heavy (non-hydrogen) atoms. The number of hydrogen-bond donors (Lipinski definition) is 3. The normalized spacial score (nSPS) is 14.6. The van der Waals surface area contributed by atoms with Gasteiger partial charge in [0.25, 0.3) is 7.52 Å². The average molecular weight is 413 g/mol. The van der Waals surface area contributed by atoms with Crippen LogP contribution in [0.15, 0.2) is 18.3 Å². The molecule has 1 aromatic carbocycles. The first-order chi connectivity index (χ1) is 12.8. The average Bonchev–Trinajstić information content (AvgIpc) is 3.03. The predicted molar refractivity (Wildman–Crippen MR) is 110 cm³/mol. The second kappa shape index (κ2) is 9.55. The van der Waals surface area contributed by atoms with Gasteiger partial charge in [0.2, 0.25) is 0 Å². The van der Waals surface area contributed by atoms with E-state index in [9.17, 15) is 9.67 Å². The van der Waals surface area contributed by atoms with Gasteiger partial charge < -0.3 is 19.7 Å². The fourth-order valence-corrected chi connectivity index (χ4v) is 5.73. The van der Waals surface area contributed by atoms with Crippen molar-refractivity contribution >= 4 is 23.9 Å². The Balaban J connectivity index is 2.44. The summed E-state index contributed by atoms with van der Waals surface area (Å²) in [5, 5.41) is 18.4. The standard InChI is InChI=1S/C18H28N3O4PS/c1-6-21-26(23,25-7-2)16(10-20-17-11-19-13(4)27-17)14-8-12(3)18(22)15(9-14)24-5/h8-9,11,16,20,22H,6-7,10H2,1-5H3,(H,21,23). The Morgan fingerprint density at radius 1 is 1.33 bits per heavy atom. The van der Waals surface area contributed by atoms with E-state index in [1.807, 2.05) is 26.8 Å². The zero-order valence-electron chi connectivity index (χ0n) is 16.4. The molecule has 1 aromatic heterocycles. The van der Waals surface area contributed by atoms with Crippen LogP contribution in [-0.4, -0.2) is 36.9 Å². The number of rotatable bonds is 10. The van der Waals surface area contributed by atoms with Crippen molar-refractivity contribution in [3.63, 3.8) is 0 Å². The van der Waals surface area contributed by atoms with Gasteiger partial charge in [-0.1, -0.05) is 13.0 Å². The molecule has 1 heterocycles. The van der Waals surface area contributed by atoms with E-state index < -0.39 is 13.2 Å². The zero-order chi connectivity index (χ0) is 20.0. The van der Waals surface area contributed by atoms with Crippen LogP contribution in [0.25, 0.3) is 0 Å². The monoisotopic (exact) mass is 413 g/mol. The van der Waals surface area contributed by atoms with Crippen molar-refractivity contribution < 1.29 is 18.9 Å². The summed E-state index contributed by atoms with van der Waals surface area (Å²) in [5.74, 6) is 0.434. The highest BCUT2D eigenvalue weighted by molar-refractivity contribution is 7.57. The molecule has 2 unspecified atom stereocenters. The Labute approximate surface area is 164 Å². The summed E-state index contributed by atoms with van der Waals surface area (Å²) in [5.41, 5.74) is 0.962. The Morgan fingerprint density at radius 2 is 2.07 bits per heavy atom. The van der Waals surface area contributed by atoms with E-state index >= 15 is 0 Å². The molecule has 9 heteroatoms. The highest BCUT2D eigenvalue weighted by Gasteiger charge is 2.35. The molecule has 3 N–H and O–H groups in total. The van der Waals surface area contributed by atoms with E-state index in [2.05, 4.69) is 15.4 Å². The molecule has 0 aliphatic rings. The molecule has 0 aliphatic carbocycles. The largest absolute Gasteiger partial charge is 0.504 e. The molecular weight excluding hydrogens is 385 g/mol. The molecule has 0 amide bonds. The van der Waals surface area contributed by atoms with E-state index in [0.717, 1.165) is 15.6 Å². The summed E-state index contributed by atoms with van der Waals surface area (Å²) in [6, 6.07) is 3.54. The lowest BCUT2D eigenvalue weighted by Crippen LogP contribution is -2.23. The topological polar surface area (TPSA) is 92.7 Å². The number of phenols is 1. The van der Waals surface area contributed by atoms with Gasteiger partial charge in [-0.05, 0) is 38.0 Å². The van der Waals surface area contributed by atoms with E-state index in [-0.39, 0.29) is 5.75 Å². The third-order valence-electron chi connectivity index (χ3n) is 4.09. The summed E-state index contributed by atoms with van der Waals surface area (Å²) in [7, 11) is -1.71. The number of nitrogens with one attached hydrogen (secondary N) is 2. The highest BCUT2D eigenvalue weighted by atomic mass is 32.1. The van der Waals surface area contributed by atoms with Crippen LogP contribution in [-0.2, 0) is 9.09 Å². The SMILES string of the molecule is CCNP(=O)(OCC)C(CNc1cnc(C)s1)c1cc(C)c(O)c(OC)c1. The van der Waals surface area contributed by atoms with Crippen molar-refractivity contribution in [2.75, 3.05) is 32.1 Å². The van der Waals surface area contributed by atoms with Crippen LogP contribution in [0.5, 0.6) is 11.5 Å². The van der Waals surface area contributed by atoms with Gasteiger partial charge in [0.1, 0.15) is 5.00 Å². The molecule has 0 saturated carbocycles. The number of hydrogen-bond acceptors (Lipinski definition) is 7. The number of benzene rings is 1. The van der Waals surface area contributed by atoms with Crippen molar-refractivity contribution in [2.45, 2.75) is 33.4 Å². The number of aryl methyl sites for hydroxylation is 2. The minimum atomic E-state index is -3.21. The smallest absolute Gasteiger partial charge is 0.278 e. The molecule has 2 atom stereocenters. The molecular formula is C18H28N3O4PS. The molecule has 150 valence electrons. The maximum Gasteiger partial charge on any atom is 0.278 e. The van der Waals surface area contributed by atoms with Gasteiger partial charge in [0, 0.05) is 13.1 Å². The van der Waals surface area contributed by atoms with Gasteiger partial charge in [0.05, 0.1) is 30.6 Å². The second-order valence-electron chi connectivity index (χ2n) is 6.06. The number of phenolic OH excluding ortho intramolecular Hbond substituents is 1. The fourth-order valence-electron chi connectivity index (χ4n) is 2.85. The summed E-state index contributed by atoms with van der Waals surface area (Å²) >= 11 is 1.54. The van der Waals surface area contributed by atoms with Gasteiger partial charge >= 0.3 is 0 Å². The third-order valence-corrected chi connectivity index (χ3v) is 7.66. The Morgan fingerprint density at radius 3 is 2.63 bits per heavy atom. The molecule has 0 fully saturated rings. The van der Waals surface area contributed by atoms with Crippen LogP contribution in [0.3, 0.4) is 0 Å². The number of thiazole rings is 1. The van der Waals surface area contributed by atoms with Crippen LogP contribution in [0.2, 0.25) is 0 Å². The first-order valence-corrected chi connectivity index (χ1v) is 11.4. The lowest BCUT2D eigenvalue weighted by atomic mass is 10.1.